The molecule has 1 unspecified atom stereocenters. The van der Waals surface area contributed by atoms with Gasteiger partial charge in [0, 0.05) is 6.26 Å². The van der Waals surface area contributed by atoms with Crippen LogP contribution in [0, 0.1) is 6.92 Å². The highest BCUT2D eigenvalue weighted by Crippen LogP contribution is 2.22. The summed E-state index contributed by atoms with van der Waals surface area (Å²) in [4.78, 5) is 0.890. The highest BCUT2D eigenvalue weighted by Gasteiger charge is 2.17. The van der Waals surface area contributed by atoms with Gasteiger partial charge in [-0.2, -0.15) is 0 Å². The molecule has 0 radical (unpaired) electrons. The molecule has 8 heteroatoms. The van der Waals surface area contributed by atoms with Crippen LogP contribution in [0.5, 0.6) is 0 Å². The minimum Gasteiger partial charge on any atom is -0.271 e. The summed E-state index contributed by atoms with van der Waals surface area (Å²) in [6, 6.07) is -0.195. The lowest BCUT2D eigenvalue weighted by atomic mass is 10.2. The predicted molar refractivity (Wildman–Crippen MR) is 59.0 cm³/mol. The van der Waals surface area contributed by atoms with Crippen LogP contribution in [0.3, 0.4) is 0 Å². The average molecular weight is 250 g/mol. The number of aryl methyl sites for hydroxylation is 1. The SMILES string of the molecule is Cc1nnsc1C(CCS(C)(=O)=O)NN. The van der Waals surface area contributed by atoms with Crippen LogP contribution in [0.25, 0.3) is 0 Å². The fourth-order valence-corrected chi connectivity index (χ4v) is 2.58. The van der Waals surface area contributed by atoms with Crippen molar-refractivity contribution in [3.63, 3.8) is 0 Å². The first-order valence-electron chi connectivity index (χ1n) is 4.36. The van der Waals surface area contributed by atoms with Gasteiger partial charge in [0.2, 0.25) is 0 Å². The van der Waals surface area contributed by atoms with Gasteiger partial charge >= 0.3 is 0 Å². The molecule has 0 aliphatic heterocycles. The van der Waals surface area contributed by atoms with E-state index in [1.165, 1.54) is 17.8 Å². The molecule has 0 amide bonds. The molecule has 6 nitrogen and oxygen atoms in total. The number of hydrogen-bond donors (Lipinski definition) is 2. The van der Waals surface area contributed by atoms with Crippen LogP contribution in [-0.4, -0.2) is 30.0 Å². The van der Waals surface area contributed by atoms with Crippen LogP contribution in [0.1, 0.15) is 23.0 Å². The Morgan fingerprint density at radius 1 is 1.60 bits per heavy atom. The lowest BCUT2D eigenvalue weighted by Gasteiger charge is -2.13. The van der Waals surface area contributed by atoms with Crippen LogP contribution in [-0.2, 0) is 9.84 Å². The fourth-order valence-electron chi connectivity index (χ4n) is 1.18. The molecule has 0 aliphatic rings. The number of hydrazine groups is 1. The molecule has 1 aromatic heterocycles. The Balaban J connectivity index is 2.70. The van der Waals surface area contributed by atoms with Crippen molar-refractivity contribution in [2.75, 3.05) is 12.0 Å². The van der Waals surface area contributed by atoms with Gasteiger partial charge in [-0.25, -0.2) is 8.42 Å². The zero-order chi connectivity index (χ0) is 11.5. The van der Waals surface area contributed by atoms with Crippen molar-refractivity contribution < 1.29 is 8.42 Å². The second kappa shape index (κ2) is 4.97. The Labute approximate surface area is 92.9 Å². The van der Waals surface area contributed by atoms with Crippen LogP contribution < -0.4 is 11.3 Å². The monoisotopic (exact) mass is 250 g/mol. The minimum atomic E-state index is -2.96. The summed E-state index contributed by atoms with van der Waals surface area (Å²) < 4.78 is 25.8. The maximum absolute atomic E-state index is 11.0. The van der Waals surface area contributed by atoms with Crippen molar-refractivity contribution in [1.29, 1.82) is 0 Å². The summed E-state index contributed by atoms with van der Waals surface area (Å²) in [7, 11) is -2.96. The molecule has 0 aliphatic carbocycles. The lowest BCUT2D eigenvalue weighted by molar-refractivity contribution is 0.535. The first kappa shape index (κ1) is 12.5. The normalized spacial score (nSPS) is 14.1. The van der Waals surface area contributed by atoms with Gasteiger partial charge in [0.15, 0.2) is 0 Å². The lowest BCUT2D eigenvalue weighted by Crippen LogP contribution is -2.29. The van der Waals surface area contributed by atoms with Crippen molar-refractivity contribution in [2.45, 2.75) is 19.4 Å². The second-order valence-electron chi connectivity index (χ2n) is 3.36. The van der Waals surface area contributed by atoms with Crippen LogP contribution >= 0.6 is 11.5 Å². The number of rotatable bonds is 5. The Morgan fingerprint density at radius 2 is 2.27 bits per heavy atom. The zero-order valence-corrected chi connectivity index (χ0v) is 10.2. The summed E-state index contributed by atoms with van der Waals surface area (Å²) >= 11 is 1.23. The largest absolute Gasteiger partial charge is 0.271 e. The van der Waals surface area contributed by atoms with Gasteiger partial charge in [0.1, 0.15) is 9.84 Å². The van der Waals surface area contributed by atoms with E-state index in [2.05, 4.69) is 15.0 Å². The summed E-state index contributed by atoms with van der Waals surface area (Å²) in [5.41, 5.74) is 3.37. The van der Waals surface area contributed by atoms with Crippen LogP contribution in [0.15, 0.2) is 0 Å². The van der Waals surface area contributed by atoms with Crippen molar-refractivity contribution in [3.05, 3.63) is 10.6 Å². The molecule has 3 N–H and O–H groups in total. The molecule has 15 heavy (non-hydrogen) atoms. The third kappa shape index (κ3) is 3.82. The standard InChI is InChI=1S/C7H14N4O2S2/c1-5-7(14-11-10-5)6(9-8)3-4-15(2,12)13/h6,9H,3-4,8H2,1-2H3. The number of hydrogen-bond acceptors (Lipinski definition) is 7. The van der Waals surface area contributed by atoms with Gasteiger partial charge in [0.05, 0.1) is 22.4 Å². The molecule has 0 fully saturated rings. The predicted octanol–water partition coefficient (Wildman–Crippen LogP) is -0.214. The maximum atomic E-state index is 11.0. The Bertz CT molecular complexity index is 414. The smallest absolute Gasteiger partial charge is 0.147 e. The molecule has 0 aromatic carbocycles. The molecule has 0 bridgehead atoms. The summed E-state index contributed by atoms with van der Waals surface area (Å²) in [6.45, 7) is 1.82. The van der Waals surface area contributed by atoms with E-state index in [9.17, 15) is 8.42 Å². The second-order valence-corrected chi connectivity index (χ2v) is 6.41. The van der Waals surface area contributed by atoms with E-state index in [0.717, 1.165) is 10.6 Å². The third-order valence-electron chi connectivity index (χ3n) is 1.98. The maximum Gasteiger partial charge on any atom is 0.147 e. The summed E-state index contributed by atoms with van der Waals surface area (Å²) in [6.07, 6.45) is 1.64. The van der Waals surface area contributed by atoms with E-state index in [1.54, 1.807) is 0 Å². The van der Waals surface area contributed by atoms with Crippen molar-refractivity contribution in [2.24, 2.45) is 5.84 Å². The molecule has 0 saturated carbocycles. The first-order valence-corrected chi connectivity index (χ1v) is 7.20. The van der Waals surface area contributed by atoms with Gasteiger partial charge < -0.3 is 0 Å². The van der Waals surface area contributed by atoms with E-state index in [4.69, 9.17) is 5.84 Å². The van der Waals surface area contributed by atoms with Gasteiger partial charge in [-0.05, 0) is 24.9 Å². The van der Waals surface area contributed by atoms with Crippen LogP contribution in [0.4, 0.5) is 0 Å². The molecule has 1 atom stereocenters. The van der Waals surface area contributed by atoms with Crippen molar-refractivity contribution in [3.8, 4) is 0 Å². The Kier molecular flexibility index (Phi) is 4.14. The van der Waals surface area contributed by atoms with Gasteiger partial charge in [-0.3, -0.25) is 11.3 Å². The molecule has 86 valence electrons. The van der Waals surface area contributed by atoms with Gasteiger partial charge in [-0.15, -0.1) is 5.10 Å². The number of nitrogens with zero attached hydrogens (tertiary/aromatic N) is 2. The number of aromatic nitrogens is 2. The minimum absolute atomic E-state index is 0.0964. The van der Waals surface area contributed by atoms with Gasteiger partial charge in [-0.1, -0.05) is 4.49 Å². The van der Waals surface area contributed by atoms with Crippen molar-refractivity contribution >= 4 is 21.4 Å². The first-order chi connectivity index (χ1) is 6.94. The molecule has 1 heterocycles. The molecule has 1 rings (SSSR count). The number of nitrogens with two attached hydrogens (primary N) is 1. The quantitative estimate of drug-likeness (QED) is 0.554. The third-order valence-corrected chi connectivity index (χ3v) is 3.90. The molecular weight excluding hydrogens is 236 g/mol. The molecular formula is C7H14N4O2S2. The fraction of sp³-hybridized carbons (Fsp3) is 0.714. The van der Waals surface area contributed by atoms with E-state index in [-0.39, 0.29) is 11.8 Å². The Hall–Kier alpha value is -0.570. The van der Waals surface area contributed by atoms with E-state index < -0.39 is 9.84 Å². The summed E-state index contributed by atoms with van der Waals surface area (Å²) in [5.74, 6) is 5.46. The molecule has 1 aromatic rings. The highest BCUT2D eigenvalue weighted by atomic mass is 32.2. The highest BCUT2D eigenvalue weighted by molar-refractivity contribution is 7.90. The van der Waals surface area contributed by atoms with Gasteiger partial charge in [0.25, 0.3) is 0 Å². The average Bonchev–Trinajstić information content (AvgIpc) is 2.52. The van der Waals surface area contributed by atoms with E-state index in [1.807, 2.05) is 6.92 Å². The van der Waals surface area contributed by atoms with E-state index in [0.29, 0.717) is 6.42 Å². The Morgan fingerprint density at radius 3 is 2.67 bits per heavy atom. The summed E-state index contributed by atoms with van der Waals surface area (Å²) in [5, 5.41) is 3.85. The molecule has 0 spiro atoms. The molecule has 0 saturated heterocycles. The number of sulfone groups is 1. The van der Waals surface area contributed by atoms with Crippen molar-refractivity contribution in [1.82, 2.24) is 15.0 Å². The van der Waals surface area contributed by atoms with Crippen LogP contribution in [0.2, 0.25) is 0 Å². The number of nitrogens with one attached hydrogen (secondary N) is 1. The van der Waals surface area contributed by atoms with E-state index >= 15 is 0 Å². The topological polar surface area (TPSA) is 98.0 Å². The zero-order valence-electron chi connectivity index (χ0n) is 8.60.